The molecule has 2 heterocycles. The first-order valence-electron chi connectivity index (χ1n) is 5.52. The topological polar surface area (TPSA) is 61.2 Å². The number of carbonyl (C=O) groups is 1. The lowest BCUT2D eigenvalue weighted by Gasteiger charge is -2.11. The summed E-state index contributed by atoms with van der Waals surface area (Å²) in [5, 5.41) is 0.593. The Bertz CT molecular complexity index is 672. The number of aryl methyl sites for hydroxylation is 2. The molecule has 0 fully saturated rings. The second kappa shape index (κ2) is 4.53. The first-order valence-corrected chi connectivity index (χ1v) is 6.33. The summed E-state index contributed by atoms with van der Waals surface area (Å²) in [5.74, 6) is -0.456. The summed E-state index contributed by atoms with van der Waals surface area (Å²) in [6, 6.07) is -0.668. The summed E-state index contributed by atoms with van der Waals surface area (Å²) in [6.45, 7) is 5.47. The Balaban J connectivity index is 2.68. The zero-order valence-corrected chi connectivity index (χ0v) is 11.5. The van der Waals surface area contributed by atoms with Crippen molar-refractivity contribution >= 4 is 27.5 Å². The van der Waals surface area contributed by atoms with Crippen LogP contribution in [0.25, 0.3) is 10.2 Å². The van der Waals surface area contributed by atoms with Gasteiger partial charge in [0.05, 0.1) is 18.8 Å². The van der Waals surface area contributed by atoms with E-state index in [0.717, 1.165) is 10.4 Å². The van der Waals surface area contributed by atoms with E-state index in [2.05, 4.69) is 9.72 Å². The van der Waals surface area contributed by atoms with Crippen molar-refractivity contribution in [2.24, 2.45) is 0 Å². The first kappa shape index (κ1) is 12.8. The van der Waals surface area contributed by atoms with Gasteiger partial charge in [-0.25, -0.2) is 9.78 Å². The van der Waals surface area contributed by atoms with E-state index in [0.29, 0.717) is 10.2 Å². The molecule has 6 heteroatoms. The SMILES string of the molecule is COC(=O)C(C)n1cnc2sc(C)c(C)c2c1=O. The van der Waals surface area contributed by atoms with Crippen molar-refractivity contribution in [2.45, 2.75) is 26.8 Å². The third-order valence-electron chi connectivity index (χ3n) is 3.07. The van der Waals surface area contributed by atoms with Crippen LogP contribution >= 0.6 is 11.3 Å². The van der Waals surface area contributed by atoms with Gasteiger partial charge >= 0.3 is 5.97 Å². The summed E-state index contributed by atoms with van der Waals surface area (Å²) >= 11 is 1.49. The van der Waals surface area contributed by atoms with Crippen LogP contribution in [0.4, 0.5) is 0 Å². The van der Waals surface area contributed by atoms with Crippen LogP contribution in [-0.4, -0.2) is 22.6 Å². The predicted octanol–water partition coefficient (Wildman–Crippen LogP) is 1.81. The highest BCUT2D eigenvalue weighted by molar-refractivity contribution is 7.18. The number of hydrogen-bond donors (Lipinski definition) is 0. The standard InChI is InChI=1S/C12H14N2O3S/c1-6-8(3)18-10-9(6)11(15)14(5-13-10)7(2)12(16)17-4/h5,7H,1-4H3. The number of fused-ring (bicyclic) bond motifs is 1. The Labute approximate surface area is 108 Å². The van der Waals surface area contributed by atoms with E-state index in [1.807, 2.05) is 13.8 Å². The van der Waals surface area contributed by atoms with Gasteiger partial charge in [-0.05, 0) is 26.3 Å². The summed E-state index contributed by atoms with van der Waals surface area (Å²) in [6.07, 6.45) is 1.40. The molecule has 0 amide bonds. The van der Waals surface area contributed by atoms with Crippen LogP contribution in [-0.2, 0) is 9.53 Å². The van der Waals surface area contributed by atoms with E-state index >= 15 is 0 Å². The van der Waals surface area contributed by atoms with Gasteiger partial charge in [-0.1, -0.05) is 0 Å². The average molecular weight is 266 g/mol. The van der Waals surface area contributed by atoms with Crippen molar-refractivity contribution in [1.29, 1.82) is 0 Å². The minimum Gasteiger partial charge on any atom is -0.467 e. The monoisotopic (exact) mass is 266 g/mol. The highest BCUT2D eigenvalue weighted by Gasteiger charge is 2.19. The predicted molar refractivity (Wildman–Crippen MR) is 70.1 cm³/mol. The number of esters is 1. The summed E-state index contributed by atoms with van der Waals surface area (Å²) in [4.78, 5) is 29.8. The molecule has 0 aliphatic heterocycles. The number of methoxy groups -OCH3 is 1. The van der Waals surface area contributed by atoms with Crippen LogP contribution in [0.1, 0.15) is 23.4 Å². The second-order valence-electron chi connectivity index (χ2n) is 4.12. The minimum absolute atomic E-state index is 0.195. The van der Waals surface area contributed by atoms with Crippen molar-refractivity contribution in [1.82, 2.24) is 9.55 Å². The van der Waals surface area contributed by atoms with Gasteiger partial charge in [0.1, 0.15) is 10.9 Å². The average Bonchev–Trinajstić information content (AvgIpc) is 2.64. The van der Waals surface area contributed by atoms with Crippen LogP contribution < -0.4 is 5.56 Å². The van der Waals surface area contributed by atoms with Crippen molar-refractivity contribution in [3.05, 3.63) is 27.1 Å². The number of aromatic nitrogens is 2. The third kappa shape index (κ3) is 1.82. The lowest BCUT2D eigenvalue weighted by Crippen LogP contribution is -2.29. The van der Waals surface area contributed by atoms with E-state index in [9.17, 15) is 9.59 Å². The number of nitrogens with zero attached hydrogens (tertiary/aromatic N) is 2. The van der Waals surface area contributed by atoms with E-state index in [1.54, 1.807) is 6.92 Å². The molecule has 96 valence electrons. The quantitative estimate of drug-likeness (QED) is 0.778. The van der Waals surface area contributed by atoms with E-state index in [1.165, 1.54) is 29.3 Å². The fraction of sp³-hybridized carbons (Fsp3) is 0.417. The molecule has 0 saturated heterocycles. The number of ether oxygens (including phenoxy) is 1. The fourth-order valence-corrected chi connectivity index (χ4v) is 2.80. The van der Waals surface area contributed by atoms with Crippen LogP contribution in [0, 0.1) is 13.8 Å². The van der Waals surface area contributed by atoms with Crippen molar-refractivity contribution in [3.8, 4) is 0 Å². The molecule has 2 aromatic rings. The summed E-state index contributed by atoms with van der Waals surface area (Å²) in [5.41, 5.74) is 0.735. The number of hydrogen-bond acceptors (Lipinski definition) is 5. The van der Waals surface area contributed by atoms with Gasteiger partial charge in [-0.15, -0.1) is 11.3 Å². The molecule has 18 heavy (non-hydrogen) atoms. The Hall–Kier alpha value is -1.69. The maximum Gasteiger partial charge on any atom is 0.328 e. The lowest BCUT2D eigenvalue weighted by molar-refractivity contribution is -0.144. The second-order valence-corrected chi connectivity index (χ2v) is 5.32. The zero-order chi connectivity index (χ0) is 13.4. The first-order chi connectivity index (χ1) is 8.47. The fourth-order valence-electron chi connectivity index (χ4n) is 1.81. The van der Waals surface area contributed by atoms with Gasteiger partial charge < -0.3 is 4.74 Å². The maximum atomic E-state index is 12.3. The van der Waals surface area contributed by atoms with Crippen LogP contribution in [0.5, 0.6) is 0 Å². The highest BCUT2D eigenvalue weighted by Crippen LogP contribution is 2.25. The third-order valence-corrected chi connectivity index (χ3v) is 4.19. The molecular formula is C12H14N2O3S. The van der Waals surface area contributed by atoms with Crippen LogP contribution in [0.15, 0.2) is 11.1 Å². The van der Waals surface area contributed by atoms with Gasteiger partial charge in [0, 0.05) is 4.88 Å². The molecule has 0 bridgehead atoms. The van der Waals surface area contributed by atoms with Gasteiger partial charge in [0.25, 0.3) is 5.56 Å². The van der Waals surface area contributed by atoms with Crippen LogP contribution in [0.3, 0.4) is 0 Å². The number of rotatable bonds is 2. The summed E-state index contributed by atoms with van der Waals surface area (Å²) in [7, 11) is 1.30. The van der Waals surface area contributed by atoms with Crippen molar-refractivity contribution in [2.75, 3.05) is 7.11 Å². The molecule has 0 aromatic carbocycles. The zero-order valence-electron chi connectivity index (χ0n) is 10.7. The molecule has 0 N–H and O–H groups in total. The number of thiophene rings is 1. The Morgan fingerprint density at radius 1 is 1.50 bits per heavy atom. The van der Waals surface area contributed by atoms with E-state index < -0.39 is 12.0 Å². The molecular weight excluding hydrogens is 252 g/mol. The Morgan fingerprint density at radius 3 is 2.78 bits per heavy atom. The molecule has 0 aliphatic rings. The van der Waals surface area contributed by atoms with E-state index in [-0.39, 0.29) is 5.56 Å². The largest absolute Gasteiger partial charge is 0.467 e. The van der Waals surface area contributed by atoms with Gasteiger partial charge in [0.15, 0.2) is 0 Å². The Kier molecular flexibility index (Phi) is 3.21. The minimum atomic E-state index is -0.668. The molecule has 0 spiro atoms. The molecule has 0 saturated carbocycles. The van der Waals surface area contributed by atoms with Crippen LogP contribution in [0.2, 0.25) is 0 Å². The Morgan fingerprint density at radius 2 is 2.17 bits per heavy atom. The van der Waals surface area contributed by atoms with Crippen molar-refractivity contribution in [3.63, 3.8) is 0 Å². The maximum absolute atomic E-state index is 12.3. The lowest BCUT2D eigenvalue weighted by atomic mass is 10.2. The molecule has 1 atom stereocenters. The molecule has 0 aliphatic carbocycles. The molecule has 2 rings (SSSR count). The number of carbonyl (C=O) groups excluding carboxylic acids is 1. The van der Waals surface area contributed by atoms with E-state index in [4.69, 9.17) is 0 Å². The van der Waals surface area contributed by atoms with Gasteiger partial charge in [0.2, 0.25) is 0 Å². The molecule has 0 radical (unpaired) electrons. The molecule has 5 nitrogen and oxygen atoms in total. The molecule has 2 aromatic heterocycles. The molecule has 1 unspecified atom stereocenters. The smallest absolute Gasteiger partial charge is 0.328 e. The van der Waals surface area contributed by atoms with Gasteiger partial charge in [-0.3, -0.25) is 9.36 Å². The summed E-state index contributed by atoms with van der Waals surface area (Å²) < 4.78 is 5.96. The highest BCUT2D eigenvalue weighted by atomic mass is 32.1. The van der Waals surface area contributed by atoms with Gasteiger partial charge in [-0.2, -0.15) is 0 Å². The van der Waals surface area contributed by atoms with Crippen molar-refractivity contribution < 1.29 is 9.53 Å². The normalized spacial score (nSPS) is 12.7.